The van der Waals surface area contributed by atoms with Crippen molar-refractivity contribution < 1.29 is 22.9 Å². The van der Waals surface area contributed by atoms with Crippen molar-refractivity contribution in [3.8, 4) is 0 Å². The van der Waals surface area contributed by atoms with Crippen molar-refractivity contribution in [3.63, 3.8) is 0 Å². The first-order chi connectivity index (χ1) is 5.38. The fourth-order valence-corrected chi connectivity index (χ4v) is 1.72. The maximum absolute atomic E-state index is 10.9. The van der Waals surface area contributed by atoms with E-state index in [1.54, 1.807) is 0 Å². The second kappa shape index (κ2) is 3.00. The van der Waals surface area contributed by atoms with E-state index in [2.05, 4.69) is 0 Å². The summed E-state index contributed by atoms with van der Waals surface area (Å²) in [5.41, 5.74) is 0. The zero-order valence-electron chi connectivity index (χ0n) is 6.17. The molecule has 1 aliphatic rings. The van der Waals surface area contributed by atoms with Gasteiger partial charge in [0, 0.05) is 6.54 Å². The minimum atomic E-state index is -4.17. The van der Waals surface area contributed by atoms with Crippen molar-refractivity contribution in [1.82, 2.24) is 4.90 Å². The molecule has 7 heteroatoms. The maximum Gasteiger partial charge on any atom is 0.283 e. The molecule has 0 radical (unpaired) electrons. The first kappa shape index (κ1) is 9.43. The lowest BCUT2D eigenvalue weighted by Gasteiger charge is -2.12. The molecule has 1 amide bonds. The Morgan fingerprint density at radius 3 is 2.50 bits per heavy atom. The van der Waals surface area contributed by atoms with E-state index in [4.69, 9.17) is 9.66 Å². The Labute approximate surface area is 69.5 Å². The predicted octanol–water partition coefficient (Wildman–Crippen LogP) is -1.58. The van der Waals surface area contributed by atoms with Gasteiger partial charge in [-0.15, -0.1) is 0 Å². The number of likely N-dealkylation sites (tertiary alicyclic amines) is 1. The van der Waals surface area contributed by atoms with Crippen LogP contribution in [-0.2, 0) is 14.9 Å². The fraction of sp³-hybridized carbons (Fsp3) is 0.800. The Hall–Kier alpha value is -0.660. The first-order valence-corrected chi connectivity index (χ1v) is 4.90. The van der Waals surface area contributed by atoms with Gasteiger partial charge in [-0.3, -0.25) is 9.35 Å². The number of carbonyl (C=O) groups excluding carboxylic acids is 1. The lowest BCUT2D eigenvalue weighted by Crippen LogP contribution is -2.31. The third-order valence-corrected chi connectivity index (χ3v) is 2.15. The van der Waals surface area contributed by atoms with Crippen molar-refractivity contribution in [2.45, 2.75) is 12.5 Å². The highest BCUT2D eigenvalue weighted by Gasteiger charge is 2.30. The molecule has 0 saturated carbocycles. The van der Waals surface area contributed by atoms with Crippen molar-refractivity contribution in [1.29, 1.82) is 0 Å². The van der Waals surface area contributed by atoms with E-state index in [0.29, 0.717) is 0 Å². The van der Waals surface area contributed by atoms with Crippen molar-refractivity contribution in [2.24, 2.45) is 0 Å². The van der Waals surface area contributed by atoms with Crippen molar-refractivity contribution in [3.05, 3.63) is 0 Å². The number of nitrogens with zero attached hydrogens (tertiary/aromatic N) is 1. The van der Waals surface area contributed by atoms with Gasteiger partial charge in [0.1, 0.15) is 5.88 Å². The summed E-state index contributed by atoms with van der Waals surface area (Å²) in [5.74, 6) is -1.19. The number of aliphatic hydroxyl groups excluding tert-OH is 1. The SMILES string of the molecule is O=C1CC(O)CN1CS(=O)(=O)O. The van der Waals surface area contributed by atoms with Gasteiger partial charge in [-0.05, 0) is 0 Å². The summed E-state index contributed by atoms with van der Waals surface area (Å²) in [4.78, 5) is 11.8. The molecule has 6 nitrogen and oxygen atoms in total. The van der Waals surface area contributed by atoms with E-state index < -0.39 is 28.0 Å². The first-order valence-electron chi connectivity index (χ1n) is 3.29. The van der Waals surface area contributed by atoms with Gasteiger partial charge in [-0.25, -0.2) is 0 Å². The lowest BCUT2D eigenvalue weighted by molar-refractivity contribution is -0.127. The van der Waals surface area contributed by atoms with Gasteiger partial charge >= 0.3 is 0 Å². The monoisotopic (exact) mass is 195 g/mol. The summed E-state index contributed by atoms with van der Waals surface area (Å²) in [6.07, 6.45) is -0.894. The van der Waals surface area contributed by atoms with Gasteiger partial charge < -0.3 is 10.0 Å². The molecule has 0 aromatic carbocycles. The van der Waals surface area contributed by atoms with Gasteiger partial charge in [0.2, 0.25) is 5.91 Å². The van der Waals surface area contributed by atoms with Crippen LogP contribution in [0.15, 0.2) is 0 Å². The van der Waals surface area contributed by atoms with Crippen LogP contribution in [-0.4, -0.2) is 47.4 Å². The molecule has 1 unspecified atom stereocenters. The second-order valence-corrected chi connectivity index (χ2v) is 4.11. The molecular weight excluding hydrogens is 186 g/mol. The van der Waals surface area contributed by atoms with E-state index in [9.17, 15) is 13.2 Å². The third-order valence-electron chi connectivity index (χ3n) is 1.51. The molecule has 1 saturated heterocycles. The van der Waals surface area contributed by atoms with Crippen molar-refractivity contribution >= 4 is 16.0 Å². The highest BCUT2D eigenvalue weighted by molar-refractivity contribution is 7.85. The zero-order valence-corrected chi connectivity index (χ0v) is 6.99. The van der Waals surface area contributed by atoms with Crippen LogP contribution in [0.2, 0.25) is 0 Å². The minimum absolute atomic E-state index is 0.0291. The zero-order chi connectivity index (χ0) is 9.35. The fourth-order valence-electron chi connectivity index (χ4n) is 1.07. The molecule has 1 rings (SSSR count). The van der Waals surface area contributed by atoms with Crippen LogP contribution in [0.25, 0.3) is 0 Å². The Balaban J connectivity index is 2.61. The molecule has 12 heavy (non-hydrogen) atoms. The number of hydrogen-bond acceptors (Lipinski definition) is 4. The molecule has 1 fully saturated rings. The molecule has 1 aliphatic heterocycles. The predicted molar refractivity (Wildman–Crippen MR) is 38.8 cm³/mol. The highest BCUT2D eigenvalue weighted by Crippen LogP contribution is 2.10. The molecule has 0 spiro atoms. The Morgan fingerprint density at radius 1 is 1.58 bits per heavy atom. The molecule has 1 heterocycles. The van der Waals surface area contributed by atoms with Crippen LogP contribution in [0.1, 0.15) is 6.42 Å². The number of β-amino-alcohol motifs (C(OH)–C–C–N with tert-alkyl or cyclic N) is 1. The normalized spacial score (nSPS) is 25.0. The van der Waals surface area contributed by atoms with Crippen LogP contribution in [0.3, 0.4) is 0 Å². The average Bonchev–Trinajstić information content (AvgIpc) is 2.06. The minimum Gasteiger partial charge on any atom is -0.391 e. The standard InChI is InChI=1S/C5H9NO5S/c7-4-1-5(8)6(2-4)3-12(9,10)11/h4,7H,1-3H2,(H,9,10,11). The van der Waals surface area contributed by atoms with E-state index in [0.717, 1.165) is 4.90 Å². The summed E-state index contributed by atoms with van der Waals surface area (Å²) < 4.78 is 29.0. The summed E-state index contributed by atoms with van der Waals surface area (Å²) in [6.45, 7) is -0.0291. The largest absolute Gasteiger partial charge is 0.391 e. The Morgan fingerprint density at radius 2 is 2.17 bits per heavy atom. The van der Waals surface area contributed by atoms with Gasteiger partial charge in [0.05, 0.1) is 12.5 Å². The quantitative estimate of drug-likeness (QED) is 0.519. The number of rotatable bonds is 2. The number of amides is 1. The molecule has 2 N–H and O–H groups in total. The molecule has 0 aromatic rings. The summed E-state index contributed by atoms with van der Waals surface area (Å²) in [5, 5.41) is 8.93. The molecule has 70 valence electrons. The topological polar surface area (TPSA) is 94.9 Å². The Kier molecular flexibility index (Phi) is 2.36. The van der Waals surface area contributed by atoms with Crippen LogP contribution < -0.4 is 0 Å². The van der Waals surface area contributed by atoms with Crippen LogP contribution in [0.4, 0.5) is 0 Å². The van der Waals surface area contributed by atoms with E-state index >= 15 is 0 Å². The van der Waals surface area contributed by atoms with Gasteiger partial charge in [-0.1, -0.05) is 0 Å². The van der Waals surface area contributed by atoms with E-state index in [1.807, 2.05) is 0 Å². The van der Waals surface area contributed by atoms with Gasteiger partial charge in [0.15, 0.2) is 0 Å². The summed E-state index contributed by atoms with van der Waals surface area (Å²) in [7, 11) is -4.17. The molecule has 0 aliphatic carbocycles. The number of hydrogen-bond donors (Lipinski definition) is 2. The Bertz CT molecular complexity index is 284. The summed E-state index contributed by atoms with van der Waals surface area (Å²) >= 11 is 0. The highest BCUT2D eigenvalue weighted by atomic mass is 32.2. The maximum atomic E-state index is 10.9. The lowest BCUT2D eigenvalue weighted by atomic mass is 10.3. The second-order valence-electron chi connectivity index (χ2n) is 2.69. The summed E-state index contributed by atoms with van der Waals surface area (Å²) in [6, 6.07) is 0. The number of carbonyl (C=O) groups is 1. The smallest absolute Gasteiger partial charge is 0.283 e. The van der Waals surface area contributed by atoms with Gasteiger partial charge in [-0.2, -0.15) is 8.42 Å². The van der Waals surface area contributed by atoms with Crippen molar-refractivity contribution in [2.75, 3.05) is 12.4 Å². The van der Waals surface area contributed by atoms with Gasteiger partial charge in [0.25, 0.3) is 10.1 Å². The number of aliphatic hydroxyl groups is 1. The van der Waals surface area contributed by atoms with Crippen LogP contribution >= 0.6 is 0 Å². The van der Waals surface area contributed by atoms with Crippen LogP contribution in [0, 0.1) is 0 Å². The molecular formula is C5H9NO5S. The molecule has 0 bridgehead atoms. The average molecular weight is 195 g/mol. The molecule has 1 atom stereocenters. The van der Waals surface area contributed by atoms with E-state index in [-0.39, 0.29) is 13.0 Å². The third kappa shape index (κ3) is 2.43. The van der Waals surface area contributed by atoms with Crippen LogP contribution in [0.5, 0.6) is 0 Å². The molecule has 0 aromatic heterocycles. The van der Waals surface area contributed by atoms with E-state index in [1.165, 1.54) is 0 Å².